The molecule has 1 saturated heterocycles. The van der Waals surface area contributed by atoms with Gasteiger partial charge in [0.1, 0.15) is 18.2 Å². The molecule has 0 spiro atoms. The van der Waals surface area contributed by atoms with Crippen LogP contribution in [0.1, 0.15) is 36.4 Å². The fourth-order valence-corrected chi connectivity index (χ4v) is 4.78. The van der Waals surface area contributed by atoms with Gasteiger partial charge in [0, 0.05) is 5.92 Å². The summed E-state index contributed by atoms with van der Waals surface area (Å²) in [5.74, 6) is -1.81. The number of fused-ring (bicyclic) bond motifs is 1. The molecule has 2 aromatic rings. The lowest BCUT2D eigenvalue weighted by atomic mass is 9.77. The van der Waals surface area contributed by atoms with Crippen molar-refractivity contribution in [1.29, 1.82) is 0 Å². The second kappa shape index (κ2) is 8.81. The second-order valence-electron chi connectivity index (χ2n) is 8.58. The van der Waals surface area contributed by atoms with Crippen LogP contribution in [-0.4, -0.2) is 46.6 Å². The molecule has 1 saturated carbocycles. The molecule has 3 aliphatic rings. The predicted octanol–water partition coefficient (Wildman–Crippen LogP) is 3.64. The Morgan fingerprint density at radius 2 is 1.74 bits per heavy atom. The lowest BCUT2D eigenvalue weighted by molar-refractivity contribution is -0.138. The number of carbonyl (C=O) groups is 3. The molecule has 7 nitrogen and oxygen atoms in total. The van der Waals surface area contributed by atoms with Crippen LogP contribution in [0, 0.1) is 17.6 Å². The molecule has 0 bridgehead atoms. The van der Waals surface area contributed by atoms with Gasteiger partial charge in [0.05, 0.1) is 18.3 Å². The van der Waals surface area contributed by atoms with E-state index in [1.54, 1.807) is 24.3 Å². The molecule has 2 aromatic carbocycles. The number of nitrogens with zero attached hydrogens (tertiary/aromatic N) is 3. The summed E-state index contributed by atoms with van der Waals surface area (Å²) < 4.78 is 27.0. The Bertz CT molecular complexity index is 1190. The monoisotopic (exact) mass is 464 g/mol. The lowest BCUT2D eigenvalue weighted by Crippen LogP contribution is -2.42. The Balaban J connectivity index is 1.51. The van der Waals surface area contributed by atoms with Gasteiger partial charge in [-0.15, -0.1) is 0 Å². The van der Waals surface area contributed by atoms with E-state index in [-0.39, 0.29) is 24.1 Å². The smallest absolute Gasteiger partial charge is 0.325 e. The first-order valence-corrected chi connectivity index (χ1v) is 11.1. The fraction of sp³-hybridized carbons (Fsp3) is 0.280. The van der Waals surface area contributed by atoms with E-state index >= 15 is 0 Å². The standard InChI is InChI=1S/C25H22F2N4O3/c26-18-8-4-15(5-9-18)12-17-2-1-3-20-23(17)29-31(24(20)16-6-10-19(27)11-7-16)22(33)14-30-21(32)13-28-25(30)34/h4-12,20,24H,1-3,13-14H2,(H,28,34)/b17-12+. The normalized spacial score (nSPS) is 23.2. The average Bonchev–Trinajstić information content (AvgIpc) is 3.37. The van der Waals surface area contributed by atoms with Gasteiger partial charge in [0.15, 0.2) is 0 Å². The van der Waals surface area contributed by atoms with Crippen molar-refractivity contribution < 1.29 is 23.2 Å². The number of hydrogen-bond donors (Lipinski definition) is 1. The van der Waals surface area contributed by atoms with Crippen molar-refractivity contribution in [2.75, 3.05) is 13.1 Å². The molecule has 2 aliphatic heterocycles. The molecule has 0 aromatic heterocycles. The van der Waals surface area contributed by atoms with Crippen LogP contribution < -0.4 is 5.32 Å². The van der Waals surface area contributed by atoms with Crippen LogP contribution in [0.2, 0.25) is 0 Å². The Hall–Kier alpha value is -3.88. The molecule has 2 fully saturated rings. The summed E-state index contributed by atoms with van der Waals surface area (Å²) in [5.41, 5.74) is 3.23. The van der Waals surface area contributed by atoms with Crippen molar-refractivity contribution in [2.45, 2.75) is 25.3 Å². The summed E-state index contributed by atoms with van der Waals surface area (Å²) in [6.07, 6.45) is 4.33. The fourth-order valence-electron chi connectivity index (χ4n) is 4.78. The SMILES string of the molecule is O=C1CNC(=O)N1CC(=O)N1N=C2/C(=C/c3ccc(F)cc3)CCCC2C1c1ccc(F)cc1. The van der Waals surface area contributed by atoms with Crippen LogP contribution in [0.25, 0.3) is 6.08 Å². The van der Waals surface area contributed by atoms with E-state index in [4.69, 9.17) is 0 Å². The van der Waals surface area contributed by atoms with E-state index in [0.717, 1.165) is 46.6 Å². The van der Waals surface area contributed by atoms with Gasteiger partial charge in [-0.3, -0.25) is 14.5 Å². The summed E-state index contributed by atoms with van der Waals surface area (Å²) in [7, 11) is 0. The van der Waals surface area contributed by atoms with Crippen LogP contribution in [0.15, 0.2) is 59.2 Å². The van der Waals surface area contributed by atoms with Crippen molar-refractivity contribution in [1.82, 2.24) is 15.2 Å². The van der Waals surface area contributed by atoms with E-state index in [2.05, 4.69) is 10.4 Å². The number of urea groups is 1. The Labute approximate surface area is 194 Å². The van der Waals surface area contributed by atoms with Gasteiger partial charge in [-0.1, -0.05) is 24.3 Å². The molecule has 1 N–H and O–H groups in total. The molecular formula is C25H22F2N4O3. The summed E-state index contributed by atoms with van der Waals surface area (Å²) in [5, 5.41) is 8.41. The summed E-state index contributed by atoms with van der Waals surface area (Å²) >= 11 is 0. The van der Waals surface area contributed by atoms with Gasteiger partial charge in [0.2, 0.25) is 0 Å². The predicted molar refractivity (Wildman–Crippen MR) is 120 cm³/mol. The number of allylic oxidation sites excluding steroid dienone is 1. The number of halogens is 2. The van der Waals surface area contributed by atoms with Crippen LogP contribution >= 0.6 is 0 Å². The highest BCUT2D eigenvalue weighted by Crippen LogP contribution is 2.44. The molecule has 34 heavy (non-hydrogen) atoms. The molecule has 2 unspecified atom stereocenters. The number of carbonyl (C=O) groups excluding carboxylic acids is 3. The molecular weight excluding hydrogens is 442 g/mol. The van der Waals surface area contributed by atoms with Gasteiger partial charge in [0.25, 0.3) is 11.8 Å². The molecule has 4 amide bonds. The average molecular weight is 464 g/mol. The number of amides is 4. The number of hydrogen-bond acceptors (Lipinski definition) is 4. The van der Waals surface area contributed by atoms with Crippen molar-refractivity contribution in [3.63, 3.8) is 0 Å². The van der Waals surface area contributed by atoms with Gasteiger partial charge in [-0.25, -0.2) is 18.6 Å². The zero-order chi connectivity index (χ0) is 23.8. The van der Waals surface area contributed by atoms with Crippen LogP contribution in [0.5, 0.6) is 0 Å². The number of rotatable bonds is 4. The first-order chi connectivity index (χ1) is 16.4. The van der Waals surface area contributed by atoms with E-state index in [0.29, 0.717) is 0 Å². The molecule has 174 valence electrons. The van der Waals surface area contributed by atoms with Gasteiger partial charge >= 0.3 is 6.03 Å². The van der Waals surface area contributed by atoms with Crippen molar-refractivity contribution in [3.05, 3.63) is 76.9 Å². The van der Waals surface area contributed by atoms with Gasteiger partial charge in [-0.05, 0) is 66.3 Å². The first kappa shape index (κ1) is 21.9. The molecule has 5 rings (SSSR count). The third-order valence-electron chi connectivity index (χ3n) is 6.41. The number of imide groups is 1. The van der Waals surface area contributed by atoms with E-state index in [1.807, 2.05) is 6.08 Å². The van der Waals surface area contributed by atoms with Gasteiger partial charge in [-0.2, -0.15) is 5.10 Å². The van der Waals surface area contributed by atoms with Gasteiger partial charge < -0.3 is 5.32 Å². The Kier molecular flexibility index (Phi) is 5.69. The summed E-state index contributed by atoms with van der Waals surface area (Å²) in [4.78, 5) is 38.2. The lowest BCUT2D eigenvalue weighted by Gasteiger charge is -2.30. The highest BCUT2D eigenvalue weighted by Gasteiger charge is 2.44. The largest absolute Gasteiger partial charge is 0.329 e. The minimum absolute atomic E-state index is 0.127. The second-order valence-corrected chi connectivity index (χ2v) is 8.58. The Morgan fingerprint density at radius 3 is 2.38 bits per heavy atom. The topological polar surface area (TPSA) is 82.1 Å². The van der Waals surface area contributed by atoms with Crippen LogP contribution in [0.3, 0.4) is 0 Å². The third-order valence-corrected chi connectivity index (χ3v) is 6.41. The number of hydrazone groups is 1. The molecule has 2 atom stereocenters. The first-order valence-electron chi connectivity index (χ1n) is 11.1. The maximum atomic E-state index is 13.6. The molecule has 1 aliphatic carbocycles. The van der Waals surface area contributed by atoms with E-state index in [9.17, 15) is 23.2 Å². The maximum Gasteiger partial charge on any atom is 0.325 e. The highest BCUT2D eigenvalue weighted by molar-refractivity contribution is 6.09. The number of benzene rings is 2. The van der Waals surface area contributed by atoms with Crippen molar-refractivity contribution in [2.24, 2.45) is 11.0 Å². The van der Waals surface area contributed by atoms with E-state index < -0.39 is 30.4 Å². The summed E-state index contributed by atoms with van der Waals surface area (Å²) in [6.45, 7) is -0.571. The van der Waals surface area contributed by atoms with Crippen LogP contribution in [0.4, 0.5) is 13.6 Å². The quantitative estimate of drug-likeness (QED) is 0.702. The van der Waals surface area contributed by atoms with Crippen molar-refractivity contribution >= 4 is 29.6 Å². The summed E-state index contributed by atoms with van der Waals surface area (Å²) in [6, 6.07) is 11.0. The highest BCUT2D eigenvalue weighted by atomic mass is 19.1. The van der Waals surface area contributed by atoms with Crippen molar-refractivity contribution in [3.8, 4) is 0 Å². The van der Waals surface area contributed by atoms with E-state index in [1.165, 1.54) is 29.3 Å². The molecule has 0 radical (unpaired) electrons. The Morgan fingerprint density at radius 1 is 1.06 bits per heavy atom. The minimum Gasteiger partial charge on any atom is -0.329 e. The molecule has 9 heteroatoms. The zero-order valence-electron chi connectivity index (χ0n) is 18.2. The zero-order valence-corrected chi connectivity index (χ0v) is 18.2. The molecule has 2 heterocycles. The van der Waals surface area contributed by atoms with Crippen LogP contribution in [-0.2, 0) is 9.59 Å². The number of nitrogens with one attached hydrogen (secondary N) is 1. The third kappa shape index (κ3) is 4.09. The minimum atomic E-state index is -0.613. The maximum absolute atomic E-state index is 13.6.